The first-order valence-corrected chi connectivity index (χ1v) is 12.7. The molecule has 1 aromatic heterocycles. The van der Waals surface area contributed by atoms with Crippen molar-refractivity contribution in [1.82, 2.24) is 14.9 Å². The van der Waals surface area contributed by atoms with Gasteiger partial charge in [0.2, 0.25) is 0 Å². The molecule has 2 aliphatic rings. The lowest BCUT2D eigenvalue weighted by molar-refractivity contribution is 0.360. The number of nitrogens with zero attached hydrogens (tertiary/aromatic N) is 3. The fraction of sp³-hybridized carbons (Fsp3) is 0.188. The Labute approximate surface area is 223 Å². The molecule has 0 bridgehead atoms. The number of piperidine rings is 1. The molecule has 6 nitrogen and oxygen atoms in total. The van der Waals surface area contributed by atoms with Crippen LogP contribution in [0.15, 0.2) is 98.0 Å². The summed E-state index contributed by atoms with van der Waals surface area (Å²) < 4.78 is 5.91. The van der Waals surface area contributed by atoms with Gasteiger partial charge in [0, 0.05) is 35.3 Å². The topological polar surface area (TPSA) is 62.3 Å². The van der Waals surface area contributed by atoms with Crippen LogP contribution in [0.2, 0.25) is 0 Å². The molecule has 6 rings (SSSR count). The predicted molar refractivity (Wildman–Crippen MR) is 154 cm³/mol. The fourth-order valence-corrected chi connectivity index (χ4v) is 5.12. The zero-order valence-corrected chi connectivity index (χ0v) is 21.4. The summed E-state index contributed by atoms with van der Waals surface area (Å²) >= 11 is 0. The molecule has 188 valence electrons. The van der Waals surface area contributed by atoms with Crippen molar-refractivity contribution in [2.24, 2.45) is 11.3 Å². The Morgan fingerprint density at radius 1 is 1.11 bits per heavy atom. The lowest BCUT2D eigenvalue weighted by Gasteiger charge is -2.14. The second-order valence-electron chi connectivity index (χ2n) is 10.1. The Kier molecular flexibility index (Phi) is 6.07. The zero-order chi connectivity index (χ0) is 26.1. The molecule has 38 heavy (non-hydrogen) atoms. The molecule has 0 spiro atoms. The number of aromatic nitrogens is 2. The van der Waals surface area contributed by atoms with E-state index < -0.39 is 0 Å². The lowest BCUT2D eigenvalue weighted by Crippen LogP contribution is -2.19. The van der Waals surface area contributed by atoms with Crippen molar-refractivity contribution in [2.45, 2.75) is 6.42 Å². The van der Waals surface area contributed by atoms with Crippen LogP contribution < -0.4 is 15.4 Å². The van der Waals surface area contributed by atoms with Crippen LogP contribution in [0.5, 0.6) is 11.5 Å². The van der Waals surface area contributed by atoms with Gasteiger partial charge in [0.05, 0.1) is 16.8 Å². The van der Waals surface area contributed by atoms with Crippen LogP contribution in [0.1, 0.15) is 12.0 Å². The minimum atomic E-state index is 0.130. The number of para-hydroxylation sites is 1. The largest absolute Gasteiger partial charge is 0.457 e. The van der Waals surface area contributed by atoms with Gasteiger partial charge >= 0.3 is 0 Å². The Hall–Kier alpha value is -4.60. The normalized spacial score (nSPS) is 19.7. The summed E-state index contributed by atoms with van der Waals surface area (Å²) in [6, 6.07) is 21.6. The van der Waals surface area contributed by atoms with Gasteiger partial charge in [0.25, 0.3) is 0 Å². The maximum Gasteiger partial charge on any atom is 0.141 e. The van der Waals surface area contributed by atoms with Crippen molar-refractivity contribution < 1.29 is 4.74 Å². The van der Waals surface area contributed by atoms with Crippen molar-refractivity contribution in [3.8, 4) is 23.3 Å². The number of likely N-dealkylation sites (tertiary alicyclic amines) is 1. The Balaban J connectivity index is 1.29. The van der Waals surface area contributed by atoms with E-state index in [9.17, 15) is 0 Å². The molecule has 3 aromatic carbocycles. The molecule has 0 unspecified atom stereocenters. The van der Waals surface area contributed by atoms with Gasteiger partial charge in [-0.15, -0.1) is 0 Å². The molecule has 1 saturated carbocycles. The molecular formula is C32H29N5O. The van der Waals surface area contributed by atoms with Gasteiger partial charge in [-0.05, 0) is 74.0 Å². The number of benzene rings is 3. The molecule has 1 saturated heterocycles. The van der Waals surface area contributed by atoms with Gasteiger partial charge in [0.1, 0.15) is 23.6 Å². The summed E-state index contributed by atoms with van der Waals surface area (Å²) in [5.41, 5.74) is 4.30. The third kappa shape index (κ3) is 4.84. The third-order valence-electron chi connectivity index (χ3n) is 7.17. The van der Waals surface area contributed by atoms with E-state index in [1.54, 1.807) is 12.4 Å². The van der Waals surface area contributed by atoms with Crippen LogP contribution in [-0.4, -0.2) is 35.0 Å². The van der Waals surface area contributed by atoms with E-state index in [4.69, 9.17) is 4.74 Å². The van der Waals surface area contributed by atoms with Crippen LogP contribution in [-0.2, 0) is 0 Å². The van der Waals surface area contributed by atoms with E-state index in [-0.39, 0.29) is 5.41 Å². The van der Waals surface area contributed by atoms with Gasteiger partial charge in [0.15, 0.2) is 0 Å². The average Bonchev–Trinajstić information content (AvgIpc) is 3.49. The highest BCUT2D eigenvalue weighted by Crippen LogP contribution is 2.57. The Morgan fingerprint density at radius 2 is 1.89 bits per heavy atom. The number of ether oxygens (including phenoxy) is 1. The van der Waals surface area contributed by atoms with Gasteiger partial charge < -0.3 is 20.3 Å². The molecule has 0 amide bonds. The highest BCUT2D eigenvalue weighted by atomic mass is 16.5. The zero-order valence-electron chi connectivity index (χ0n) is 21.4. The minimum Gasteiger partial charge on any atom is -0.457 e. The summed E-state index contributed by atoms with van der Waals surface area (Å²) in [5, 5.41) is 7.67. The molecule has 2 N–H and O–H groups in total. The van der Waals surface area contributed by atoms with E-state index in [0.29, 0.717) is 17.4 Å². The van der Waals surface area contributed by atoms with Crippen LogP contribution in [0.25, 0.3) is 10.9 Å². The highest BCUT2D eigenvalue weighted by Gasteiger charge is 2.58. The van der Waals surface area contributed by atoms with Crippen LogP contribution >= 0.6 is 0 Å². The number of hydrogen-bond donors (Lipinski definition) is 2. The fourth-order valence-electron chi connectivity index (χ4n) is 5.12. The first-order valence-electron chi connectivity index (χ1n) is 12.7. The summed E-state index contributed by atoms with van der Waals surface area (Å²) in [6.45, 7) is 10.0. The number of hydrogen-bond acceptors (Lipinski definition) is 6. The van der Waals surface area contributed by atoms with Crippen molar-refractivity contribution in [2.75, 3.05) is 30.8 Å². The molecule has 2 heterocycles. The summed E-state index contributed by atoms with van der Waals surface area (Å²) in [5.74, 6) is 10.0. The Morgan fingerprint density at radius 3 is 2.63 bits per heavy atom. The molecule has 6 heteroatoms. The minimum absolute atomic E-state index is 0.130. The maximum atomic E-state index is 5.91. The molecule has 2 atom stereocenters. The molecule has 1 aliphatic heterocycles. The predicted octanol–water partition coefficient (Wildman–Crippen LogP) is 6.58. The van der Waals surface area contributed by atoms with Crippen molar-refractivity contribution in [3.63, 3.8) is 0 Å². The molecule has 1 aliphatic carbocycles. The molecule has 0 radical (unpaired) electrons. The number of rotatable bonds is 7. The summed E-state index contributed by atoms with van der Waals surface area (Å²) in [4.78, 5) is 11.4. The first kappa shape index (κ1) is 23.8. The van der Waals surface area contributed by atoms with Crippen molar-refractivity contribution in [1.29, 1.82) is 0 Å². The lowest BCUT2D eigenvalue weighted by atomic mass is 10.0. The van der Waals surface area contributed by atoms with Crippen LogP contribution in [0, 0.1) is 23.2 Å². The summed E-state index contributed by atoms with van der Waals surface area (Å²) in [6.07, 6.45) is 4.46. The number of allylic oxidation sites excluding steroid dienone is 1. The Bertz CT molecular complexity index is 1590. The van der Waals surface area contributed by atoms with E-state index in [0.717, 1.165) is 52.4 Å². The molecule has 4 aromatic rings. The van der Waals surface area contributed by atoms with Gasteiger partial charge in [-0.1, -0.05) is 43.2 Å². The smallest absolute Gasteiger partial charge is 0.141 e. The van der Waals surface area contributed by atoms with E-state index in [2.05, 4.69) is 57.5 Å². The van der Waals surface area contributed by atoms with Crippen molar-refractivity contribution >= 4 is 28.1 Å². The molecule has 2 fully saturated rings. The van der Waals surface area contributed by atoms with Gasteiger partial charge in [-0.25, -0.2) is 9.97 Å². The number of nitrogens with one attached hydrogen (secondary N) is 2. The average molecular weight is 500 g/mol. The first-order chi connectivity index (χ1) is 18.5. The number of anilines is 3. The van der Waals surface area contributed by atoms with E-state index in [1.807, 2.05) is 66.7 Å². The summed E-state index contributed by atoms with van der Waals surface area (Å²) in [7, 11) is 2.17. The monoisotopic (exact) mass is 499 g/mol. The second-order valence-corrected chi connectivity index (χ2v) is 10.1. The highest BCUT2D eigenvalue weighted by molar-refractivity contribution is 5.95. The van der Waals surface area contributed by atoms with E-state index in [1.165, 1.54) is 6.42 Å². The third-order valence-corrected chi connectivity index (χ3v) is 7.17. The van der Waals surface area contributed by atoms with Crippen molar-refractivity contribution in [3.05, 3.63) is 104 Å². The second kappa shape index (κ2) is 9.70. The van der Waals surface area contributed by atoms with Crippen LogP contribution in [0.4, 0.5) is 17.2 Å². The SMILES string of the molecule is C=CC(=C)Nc1cc2c(Nc3ccc(Oc4ccccc4)cc3)ncnc2cc1C#C[C@@]12C[C@@H]1CN(C)C2. The molecular weight excluding hydrogens is 470 g/mol. The van der Waals surface area contributed by atoms with Gasteiger partial charge in [-0.2, -0.15) is 0 Å². The van der Waals surface area contributed by atoms with Crippen LogP contribution in [0.3, 0.4) is 0 Å². The van der Waals surface area contributed by atoms with E-state index >= 15 is 0 Å². The number of fused-ring (bicyclic) bond motifs is 2. The maximum absolute atomic E-state index is 5.91. The quantitative estimate of drug-likeness (QED) is 0.221. The van der Waals surface area contributed by atoms with Gasteiger partial charge in [-0.3, -0.25) is 0 Å². The standard InChI is InChI=1S/C32H29N5O/c1-4-22(2)35-29-17-28-30(16-23(29)14-15-32-18-24(32)19-37(3)20-32)33-21-34-31(28)36-25-10-12-27(13-11-25)38-26-8-6-5-7-9-26/h4-13,16-17,21,24,35H,1-2,18-20H2,3H3,(H,33,34,36)/t24-,32+/m1/s1.